The Balaban J connectivity index is 0.000000548. The summed E-state index contributed by atoms with van der Waals surface area (Å²) in [5.41, 5.74) is 8.70. The van der Waals surface area contributed by atoms with E-state index in [2.05, 4.69) is 80.3 Å². The highest BCUT2D eigenvalue weighted by Gasteiger charge is 2.22. The molecule has 0 saturated carbocycles. The number of hydrogen-bond donors (Lipinski definition) is 1. The van der Waals surface area contributed by atoms with Gasteiger partial charge in [-0.1, -0.05) is 64.1 Å². The van der Waals surface area contributed by atoms with Gasteiger partial charge >= 0.3 is 0 Å². The van der Waals surface area contributed by atoms with Crippen LogP contribution in [0.3, 0.4) is 0 Å². The van der Waals surface area contributed by atoms with Gasteiger partial charge in [0.2, 0.25) is 0 Å². The van der Waals surface area contributed by atoms with Crippen LogP contribution in [-0.2, 0) is 0 Å². The monoisotopic (exact) mass is 520 g/mol. The zero-order valence-corrected chi connectivity index (χ0v) is 25.1. The van der Waals surface area contributed by atoms with Crippen LogP contribution in [0.4, 0.5) is 4.39 Å². The molecule has 2 heterocycles. The molecule has 0 spiro atoms. The van der Waals surface area contributed by atoms with Crippen LogP contribution in [0.5, 0.6) is 0 Å². The van der Waals surface area contributed by atoms with Gasteiger partial charge in [-0.15, -0.1) is 0 Å². The van der Waals surface area contributed by atoms with Crippen molar-refractivity contribution in [2.24, 2.45) is 10.9 Å². The summed E-state index contributed by atoms with van der Waals surface area (Å²) in [5.74, 6) is 0.325. The minimum atomic E-state index is -0.594. The van der Waals surface area contributed by atoms with E-state index < -0.39 is 6.17 Å². The van der Waals surface area contributed by atoms with Gasteiger partial charge in [-0.2, -0.15) is 0 Å². The van der Waals surface area contributed by atoms with Crippen molar-refractivity contribution in [3.05, 3.63) is 77.6 Å². The summed E-state index contributed by atoms with van der Waals surface area (Å²) in [7, 11) is 5.82. The number of aryl methyl sites for hydroxylation is 2. The fourth-order valence-corrected chi connectivity index (χ4v) is 4.43. The second-order valence-corrected chi connectivity index (χ2v) is 9.43. The molecule has 38 heavy (non-hydrogen) atoms. The molecule has 0 radical (unpaired) electrons. The first-order valence-corrected chi connectivity index (χ1v) is 13.8. The van der Waals surface area contributed by atoms with E-state index >= 15 is 0 Å². The number of benzene rings is 1. The fraction of sp³-hybridized carbons (Fsp3) is 0.455. The van der Waals surface area contributed by atoms with Gasteiger partial charge in [0.05, 0.1) is 5.69 Å². The van der Waals surface area contributed by atoms with Crippen LogP contribution in [0.25, 0.3) is 22.4 Å². The predicted octanol–water partition coefficient (Wildman–Crippen LogP) is 7.93. The highest BCUT2D eigenvalue weighted by atomic mass is 19.1. The van der Waals surface area contributed by atoms with E-state index in [4.69, 9.17) is 4.98 Å². The van der Waals surface area contributed by atoms with Crippen LogP contribution >= 0.6 is 0 Å². The Morgan fingerprint density at radius 2 is 1.92 bits per heavy atom. The van der Waals surface area contributed by atoms with E-state index in [1.165, 1.54) is 0 Å². The number of hydrogen-bond acceptors (Lipinski definition) is 4. The van der Waals surface area contributed by atoms with E-state index in [0.29, 0.717) is 12.5 Å². The van der Waals surface area contributed by atoms with Crippen molar-refractivity contribution in [2.75, 3.05) is 34.2 Å². The van der Waals surface area contributed by atoms with Crippen LogP contribution < -0.4 is 5.32 Å². The van der Waals surface area contributed by atoms with E-state index in [9.17, 15) is 4.39 Å². The summed E-state index contributed by atoms with van der Waals surface area (Å²) in [6.07, 6.45) is 9.31. The maximum atomic E-state index is 12.8. The standard InChI is InChI=1S/C24H29N3.C7H14FN.C2H6/c1-8-19(15-25-5)23-13-17(3)24(26-18(23)4)22-12-10-11-21(14-22)20(9-2)16-27(6)7;1-2-6-3-4-9-5-7(6)8;1-2/h8-16H,2H2,1,3-7H3;6-7,9H,2-5H2,1H3;1-2H3/b19-8+,20-16+,25-15?;;. The van der Waals surface area contributed by atoms with Gasteiger partial charge in [0.25, 0.3) is 0 Å². The molecule has 1 fully saturated rings. The lowest BCUT2D eigenvalue weighted by Gasteiger charge is -2.25. The molecule has 1 N–H and O–H groups in total. The molecule has 2 unspecified atom stereocenters. The maximum Gasteiger partial charge on any atom is 0.115 e. The summed E-state index contributed by atoms with van der Waals surface area (Å²) in [5, 5.41) is 3.02. The second-order valence-electron chi connectivity index (χ2n) is 9.43. The first-order valence-electron chi connectivity index (χ1n) is 13.8. The average Bonchev–Trinajstić information content (AvgIpc) is 2.93. The Bertz CT molecular complexity index is 1100. The van der Waals surface area contributed by atoms with Crippen LogP contribution in [0.15, 0.2) is 60.3 Å². The van der Waals surface area contributed by atoms with E-state index in [-0.39, 0.29) is 0 Å². The summed E-state index contributed by atoms with van der Waals surface area (Å²) in [6.45, 7) is 17.8. The number of alkyl halides is 1. The molecule has 1 saturated heterocycles. The highest BCUT2D eigenvalue weighted by molar-refractivity contribution is 6.10. The molecule has 208 valence electrons. The largest absolute Gasteiger partial charge is 0.383 e. The number of nitrogens with zero attached hydrogens (tertiary/aromatic N) is 3. The third-order valence-corrected chi connectivity index (χ3v) is 6.45. The smallest absolute Gasteiger partial charge is 0.115 e. The SMILES string of the molecule is C=C/C(=C\N(C)C)c1cccc(-c2nc(C)c(/C(C=NC)=C/C)cc2C)c1.CC.CCC1CCNCC1F. The molecule has 1 aromatic heterocycles. The van der Waals surface area contributed by atoms with Crippen LogP contribution in [0, 0.1) is 19.8 Å². The van der Waals surface area contributed by atoms with Gasteiger partial charge in [0, 0.05) is 56.9 Å². The average molecular weight is 521 g/mol. The Morgan fingerprint density at radius 1 is 1.21 bits per heavy atom. The highest BCUT2D eigenvalue weighted by Crippen LogP contribution is 2.29. The van der Waals surface area contributed by atoms with Gasteiger partial charge in [-0.05, 0) is 74.1 Å². The maximum absolute atomic E-state index is 12.8. The minimum absolute atomic E-state index is 0.325. The van der Waals surface area contributed by atoms with Crippen LogP contribution in [-0.4, -0.2) is 56.5 Å². The molecule has 0 bridgehead atoms. The number of halogens is 1. The Morgan fingerprint density at radius 3 is 2.45 bits per heavy atom. The van der Waals surface area contributed by atoms with Gasteiger partial charge < -0.3 is 10.2 Å². The topological polar surface area (TPSA) is 40.5 Å². The van der Waals surface area contributed by atoms with Crippen LogP contribution in [0.1, 0.15) is 62.9 Å². The lowest BCUT2D eigenvalue weighted by molar-refractivity contribution is 0.176. The zero-order chi connectivity index (χ0) is 28.7. The molecule has 4 nitrogen and oxygen atoms in total. The normalized spacial score (nSPS) is 17.7. The van der Waals surface area contributed by atoms with Crippen molar-refractivity contribution < 1.29 is 4.39 Å². The molecule has 1 aromatic carbocycles. The molecule has 1 aliphatic rings. The number of piperidine rings is 1. The van der Waals surface area contributed by atoms with Crippen molar-refractivity contribution in [1.29, 1.82) is 0 Å². The van der Waals surface area contributed by atoms with Crippen molar-refractivity contribution in [3.63, 3.8) is 0 Å². The quantitative estimate of drug-likeness (QED) is 0.298. The third-order valence-electron chi connectivity index (χ3n) is 6.45. The van der Waals surface area contributed by atoms with Crippen molar-refractivity contribution in [3.8, 4) is 11.3 Å². The lowest BCUT2D eigenvalue weighted by atomic mass is 9.94. The Labute approximate surface area is 231 Å². The minimum Gasteiger partial charge on any atom is -0.383 e. The summed E-state index contributed by atoms with van der Waals surface area (Å²) in [6, 6.07) is 10.7. The number of allylic oxidation sites excluding steroid dienone is 4. The van der Waals surface area contributed by atoms with Crippen molar-refractivity contribution >= 4 is 17.4 Å². The molecule has 5 heteroatoms. The number of pyridine rings is 1. The predicted molar refractivity (Wildman–Crippen MR) is 167 cm³/mol. The van der Waals surface area contributed by atoms with Gasteiger partial charge in [-0.3, -0.25) is 9.98 Å². The zero-order valence-electron chi connectivity index (χ0n) is 25.1. The molecule has 3 rings (SSSR count). The molecule has 0 aliphatic carbocycles. The van der Waals surface area contributed by atoms with Crippen LogP contribution in [0.2, 0.25) is 0 Å². The van der Waals surface area contributed by atoms with E-state index in [0.717, 1.165) is 64.2 Å². The number of aliphatic imine (C=N–C) groups is 1. The van der Waals surface area contributed by atoms with Gasteiger partial charge in [0.1, 0.15) is 6.17 Å². The Hall–Kier alpha value is -3.05. The van der Waals surface area contributed by atoms with E-state index in [1.807, 2.05) is 52.1 Å². The number of aromatic nitrogens is 1. The van der Waals surface area contributed by atoms with Gasteiger partial charge in [-0.25, -0.2) is 4.39 Å². The molecule has 1 aliphatic heterocycles. The summed E-state index contributed by atoms with van der Waals surface area (Å²) >= 11 is 0. The molecular formula is C33H49FN4. The summed E-state index contributed by atoms with van der Waals surface area (Å²) < 4.78 is 12.8. The van der Waals surface area contributed by atoms with Gasteiger partial charge in [0.15, 0.2) is 0 Å². The molecule has 2 atom stereocenters. The van der Waals surface area contributed by atoms with Crippen molar-refractivity contribution in [2.45, 2.75) is 60.6 Å². The van der Waals surface area contributed by atoms with Crippen molar-refractivity contribution in [1.82, 2.24) is 15.2 Å². The van der Waals surface area contributed by atoms with E-state index in [1.54, 1.807) is 7.05 Å². The molecule has 2 aromatic rings. The molecular weight excluding hydrogens is 471 g/mol. The lowest BCUT2D eigenvalue weighted by Crippen LogP contribution is -2.37. The first kappa shape index (κ1) is 33.0. The fourth-order valence-electron chi connectivity index (χ4n) is 4.43. The Kier molecular flexibility index (Phi) is 15.2. The molecule has 0 amide bonds. The third kappa shape index (κ3) is 9.68. The number of rotatable bonds is 7. The second kappa shape index (κ2) is 17.5. The first-order chi connectivity index (χ1) is 18.2. The number of nitrogens with one attached hydrogen (secondary N) is 1. The summed E-state index contributed by atoms with van der Waals surface area (Å²) in [4.78, 5) is 11.1.